The maximum atomic E-state index is 12.4. The van der Waals surface area contributed by atoms with Crippen LogP contribution in [0.3, 0.4) is 0 Å². The van der Waals surface area contributed by atoms with Crippen LogP contribution in [0.1, 0.15) is 10.4 Å². The Morgan fingerprint density at radius 3 is 2.26 bits per heavy atom. The van der Waals surface area contributed by atoms with Crippen molar-refractivity contribution >= 4 is 33.0 Å². The molecule has 1 N–H and O–H groups in total. The third kappa shape index (κ3) is 3.62. The summed E-state index contributed by atoms with van der Waals surface area (Å²) in [6.45, 7) is 0. The fourth-order valence-corrected chi connectivity index (χ4v) is 2.57. The first kappa shape index (κ1) is 17.2. The van der Waals surface area contributed by atoms with Crippen LogP contribution in [0.25, 0.3) is 0 Å². The Balaban J connectivity index is 2.22. The van der Waals surface area contributed by atoms with Gasteiger partial charge in [0.05, 0.1) is 10.5 Å². The molecule has 0 bridgehead atoms. The van der Waals surface area contributed by atoms with Crippen molar-refractivity contribution in [1.29, 1.82) is 0 Å². The molecule has 0 aliphatic rings. The summed E-state index contributed by atoms with van der Waals surface area (Å²) in [5.74, 6) is -0.630. The van der Waals surface area contributed by atoms with Crippen LogP contribution in [0.5, 0.6) is 0 Å². The third-order valence-electron chi connectivity index (χ3n) is 2.73. The Morgan fingerprint density at radius 1 is 1.13 bits per heavy atom. The van der Waals surface area contributed by atoms with Crippen LogP contribution in [0.15, 0.2) is 47.5 Å². The average Bonchev–Trinajstić information content (AvgIpc) is 2.47. The standard InChI is InChI=1S/C13H8ClF3N2O3S/c14-11-10(2-1-7-18-11)12(20)19-8-3-5-9(6-4-8)23(21,22)13(15,16)17/h1-7H,(H,19,20). The van der Waals surface area contributed by atoms with Crippen LogP contribution >= 0.6 is 11.6 Å². The number of halogens is 4. The number of amides is 1. The molecule has 1 aromatic heterocycles. The molecular weight excluding hydrogens is 357 g/mol. The van der Waals surface area contributed by atoms with Crippen LogP contribution < -0.4 is 5.32 Å². The molecule has 0 saturated carbocycles. The Kier molecular flexibility index (Phi) is 4.62. The lowest BCUT2D eigenvalue weighted by atomic mass is 10.2. The number of carbonyl (C=O) groups is 1. The van der Waals surface area contributed by atoms with Crippen LogP contribution in [0.4, 0.5) is 18.9 Å². The average molecular weight is 365 g/mol. The van der Waals surface area contributed by atoms with Gasteiger partial charge in [0.1, 0.15) is 5.15 Å². The minimum absolute atomic E-state index is 0.0405. The van der Waals surface area contributed by atoms with Gasteiger partial charge in [-0.15, -0.1) is 0 Å². The van der Waals surface area contributed by atoms with E-state index in [1.165, 1.54) is 18.3 Å². The fourth-order valence-electron chi connectivity index (χ4n) is 1.60. The number of anilines is 1. The number of nitrogens with zero attached hydrogens (tertiary/aromatic N) is 1. The first-order valence-electron chi connectivity index (χ1n) is 5.96. The van der Waals surface area contributed by atoms with Gasteiger partial charge >= 0.3 is 5.51 Å². The van der Waals surface area contributed by atoms with E-state index in [1.54, 1.807) is 0 Å². The number of nitrogens with one attached hydrogen (secondary N) is 1. The highest BCUT2D eigenvalue weighted by Crippen LogP contribution is 2.30. The van der Waals surface area contributed by atoms with Crippen molar-refractivity contribution < 1.29 is 26.4 Å². The van der Waals surface area contributed by atoms with E-state index >= 15 is 0 Å². The Morgan fingerprint density at radius 2 is 1.74 bits per heavy atom. The molecule has 0 aliphatic carbocycles. The first-order chi connectivity index (χ1) is 10.6. The number of aromatic nitrogens is 1. The van der Waals surface area contributed by atoms with Gasteiger partial charge in [-0.3, -0.25) is 4.79 Å². The van der Waals surface area contributed by atoms with Gasteiger partial charge < -0.3 is 5.32 Å². The van der Waals surface area contributed by atoms with Crippen molar-refractivity contribution in [1.82, 2.24) is 4.98 Å². The summed E-state index contributed by atoms with van der Waals surface area (Å²) in [6.07, 6.45) is 1.38. The van der Waals surface area contributed by atoms with E-state index in [-0.39, 0.29) is 16.4 Å². The molecule has 0 aliphatic heterocycles. The zero-order valence-corrected chi connectivity index (χ0v) is 12.7. The predicted octanol–water partition coefficient (Wildman–Crippen LogP) is 3.28. The van der Waals surface area contributed by atoms with E-state index in [1.807, 2.05) is 0 Å². The van der Waals surface area contributed by atoms with E-state index < -0.39 is 26.1 Å². The van der Waals surface area contributed by atoms with Crippen molar-refractivity contribution in [2.45, 2.75) is 10.4 Å². The van der Waals surface area contributed by atoms with Crippen molar-refractivity contribution in [3.8, 4) is 0 Å². The summed E-state index contributed by atoms with van der Waals surface area (Å²) >= 11 is 5.74. The van der Waals surface area contributed by atoms with Crippen molar-refractivity contribution in [2.24, 2.45) is 0 Å². The smallest absolute Gasteiger partial charge is 0.322 e. The Hall–Kier alpha value is -2.13. The second kappa shape index (κ2) is 6.17. The number of benzene rings is 1. The summed E-state index contributed by atoms with van der Waals surface area (Å²) in [6, 6.07) is 6.49. The maximum Gasteiger partial charge on any atom is 0.501 e. The monoisotopic (exact) mass is 364 g/mol. The molecule has 23 heavy (non-hydrogen) atoms. The molecule has 2 aromatic rings. The van der Waals surface area contributed by atoms with Gasteiger partial charge in [-0.05, 0) is 36.4 Å². The lowest BCUT2D eigenvalue weighted by Gasteiger charge is -2.09. The molecule has 1 heterocycles. The number of alkyl halides is 3. The molecule has 0 radical (unpaired) electrons. The summed E-state index contributed by atoms with van der Waals surface area (Å²) in [7, 11) is -5.42. The van der Waals surface area contributed by atoms with Gasteiger partial charge in [0, 0.05) is 11.9 Å². The van der Waals surface area contributed by atoms with E-state index in [0.717, 1.165) is 24.3 Å². The zero-order valence-electron chi connectivity index (χ0n) is 11.1. The highest BCUT2D eigenvalue weighted by atomic mass is 35.5. The van der Waals surface area contributed by atoms with E-state index in [2.05, 4.69) is 10.3 Å². The van der Waals surface area contributed by atoms with Gasteiger partial charge in [-0.2, -0.15) is 13.2 Å². The number of rotatable bonds is 3. The molecule has 122 valence electrons. The molecule has 2 rings (SSSR count). The number of hydrogen-bond acceptors (Lipinski definition) is 4. The topological polar surface area (TPSA) is 76.1 Å². The first-order valence-corrected chi connectivity index (χ1v) is 7.82. The molecule has 0 unspecified atom stereocenters. The van der Waals surface area contributed by atoms with E-state index in [4.69, 9.17) is 11.6 Å². The highest BCUT2D eigenvalue weighted by molar-refractivity contribution is 7.92. The minimum atomic E-state index is -5.42. The second-order valence-electron chi connectivity index (χ2n) is 4.27. The molecule has 0 spiro atoms. The van der Waals surface area contributed by atoms with E-state index in [0.29, 0.717) is 0 Å². The van der Waals surface area contributed by atoms with Crippen LogP contribution in [0, 0.1) is 0 Å². The Labute approximate surface area is 134 Å². The molecule has 0 atom stereocenters. The normalized spacial score (nSPS) is 12.0. The van der Waals surface area contributed by atoms with Gasteiger partial charge in [0.15, 0.2) is 0 Å². The highest BCUT2D eigenvalue weighted by Gasteiger charge is 2.46. The second-order valence-corrected chi connectivity index (χ2v) is 6.57. The summed E-state index contributed by atoms with van der Waals surface area (Å²) in [5.41, 5.74) is -5.21. The molecule has 1 aromatic carbocycles. The van der Waals surface area contributed by atoms with Gasteiger partial charge in [0.2, 0.25) is 0 Å². The number of hydrogen-bond donors (Lipinski definition) is 1. The largest absolute Gasteiger partial charge is 0.501 e. The zero-order chi connectivity index (χ0) is 17.3. The Bertz CT molecular complexity index is 836. The van der Waals surface area contributed by atoms with Crippen molar-refractivity contribution in [3.05, 3.63) is 53.3 Å². The molecular formula is C13H8ClF3N2O3S. The fraction of sp³-hybridized carbons (Fsp3) is 0.0769. The summed E-state index contributed by atoms with van der Waals surface area (Å²) < 4.78 is 59.7. The number of sulfone groups is 1. The minimum Gasteiger partial charge on any atom is -0.322 e. The predicted molar refractivity (Wildman–Crippen MR) is 76.9 cm³/mol. The molecule has 0 fully saturated rings. The quantitative estimate of drug-likeness (QED) is 0.848. The van der Waals surface area contributed by atoms with Gasteiger partial charge in [0.25, 0.3) is 15.7 Å². The van der Waals surface area contributed by atoms with Gasteiger partial charge in [-0.25, -0.2) is 13.4 Å². The molecule has 10 heteroatoms. The van der Waals surface area contributed by atoms with Crippen molar-refractivity contribution in [3.63, 3.8) is 0 Å². The van der Waals surface area contributed by atoms with Gasteiger partial charge in [-0.1, -0.05) is 11.6 Å². The number of pyridine rings is 1. The third-order valence-corrected chi connectivity index (χ3v) is 4.53. The summed E-state index contributed by atoms with van der Waals surface area (Å²) in [5, 5.41) is 2.34. The molecule has 5 nitrogen and oxygen atoms in total. The van der Waals surface area contributed by atoms with Crippen LogP contribution in [-0.2, 0) is 9.84 Å². The lowest BCUT2D eigenvalue weighted by molar-refractivity contribution is -0.0436. The molecule has 1 amide bonds. The maximum absolute atomic E-state index is 12.4. The van der Waals surface area contributed by atoms with Crippen molar-refractivity contribution in [2.75, 3.05) is 5.32 Å². The van der Waals surface area contributed by atoms with E-state index in [9.17, 15) is 26.4 Å². The van der Waals surface area contributed by atoms with Crippen LogP contribution in [-0.4, -0.2) is 24.8 Å². The molecule has 0 saturated heterocycles. The SMILES string of the molecule is O=C(Nc1ccc(S(=O)(=O)C(F)(F)F)cc1)c1cccnc1Cl. The lowest BCUT2D eigenvalue weighted by Crippen LogP contribution is -2.23. The summed E-state index contributed by atoms with van der Waals surface area (Å²) in [4.78, 5) is 14.7. The van der Waals surface area contributed by atoms with Crippen LogP contribution in [0.2, 0.25) is 5.15 Å². The number of carbonyl (C=O) groups excluding carboxylic acids is 1.